The fourth-order valence-corrected chi connectivity index (χ4v) is 4.38. The standard InChI is InChI=1S/C19H33N3O2/c1-4-16(5-2)14-22-9-7-19(8-10-22)13-17(6-11-23-19)12-18-20-15(3)21-24-18/h16-17H,4-14H2,1-3H3. The van der Waals surface area contributed by atoms with Gasteiger partial charge in [-0.2, -0.15) is 4.98 Å². The normalized spacial score (nSPS) is 24.8. The van der Waals surface area contributed by atoms with Crippen LogP contribution < -0.4 is 0 Å². The predicted molar refractivity (Wildman–Crippen MR) is 93.9 cm³/mol. The van der Waals surface area contributed by atoms with Gasteiger partial charge in [-0.05, 0) is 44.4 Å². The number of ether oxygens (including phenoxy) is 1. The highest BCUT2D eigenvalue weighted by atomic mass is 16.5. The number of aryl methyl sites for hydroxylation is 1. The fraction of sp³-hybridized carbons (Fsp3) is 0.895. The molecule has 3 rings (SSSR count). The van der Waals surface area contributed by atoms with E-state index in [9.17, 15) is 0 Å². The van der Waals surface area contributed by atoms with Gasteiger partial charge in [0.2, 0.25) is 5.89 Å². The molecular formula is C19H33N3O2. The maximum absolute atomic E-state index is 6.29. The first-order valence-electron chi connectivity index (χ1n) is 9.78. The minimum atomic E-state index is 0.0996. The summed E-state index contributed by atoms with van der Waals surface area (Å²) in [5, 5.41) is 3.92. The van der Waals surface area contributed by atoms with E-state index in [1.54, 1.807) is 0 Å². The van der Waals surface area contributed by atoms with Crippen molar-refractivity contribution in [3.05, 3.63) is 11.7 Å². The van der Waals surface area contributed by atoms with E-state index in [-0.39, 0.29) is 5.60 Å². The van der Waals surface area contributed by atoms with Crippen LogP contribution in [0.3, 0.4) is 0 Å². The number of aromatic nitrogens is 2. The van der Waals surface area contributed by atoms with Gasteiger partial charge in [-0.3, -0.25) is 0 Å². The fourth-order valence-electron chi connectivity index (χ4n) is 4.38. The van der Waals surface area contributed by atoms with Crippen molar-refractivity contribution in [2.45, 2.75) is 71.3 Å². The number of likely N-dealkylation sites (tertiary alicyclic amines) is 1. The van der Waals surface area contributed by atoms with Gasteiger partial charge in [0.25, 0.3) is 0 Å². The Labute approximate surface area is 146 Å². The van der Waals surface area contributed by atoms with Crippen LogP contribution in [0.1, 0.15) is 64.1 Å². The van der Waals surface area contributed by atoms with Crippen molar-refractivity contribution >= 4 is 0 Å². The molecule has 24 heavy (non-hydrogen) atoms. The zero-order valence-corrected chi connectivity index (χ0v) is 15.6. The number of rotatable bonds is 6. The summed E-state index contributed by atoms with van der Waals surface area (Å²) in [6, 6.07) is 0. The average molecular weight is 335 g/mol. The van der Waals surface area contributed by atoms with Crippen LogP contribution in [0.5, 0.6) is 0 Å². The highest BCUT2D eigenvalue weighted by Crippen LogP contribution is 2.38. The Kier molecular flexibility index (Phi) is 5.93. The Morgan fingerprint density at radius 2 is 2.00 bits per heavy atom. The second-order valence-electron chi connectivity index (χ2n) is 7.81. The molecule has 0 N–H and O–H groups in total. The molecule has 2 aliphatic rings. The zero-order chi connectivity index (χ0) is 17.0. The molecule has 1 aromatic rings. The molecule has 2 fully saturated rings. The number of hydrogen-bond donors (Lipinski definition) is 0. The molecule has 2 saturated heterocycles. The first-order chi connectivity index (χ1) is 11.6. The molecule has 0 bridgehead atoms. The van der Waals surface area contributed by atoms with Crippen molar-refractivity contribution in [2.75, 3.05) is 26.2 Å². The molecule has 3 heterocycles. The molecule has 0 aliphatic carbocycles. The first-order valence-corrected chi connectivity index (χ1v) is 9.78. The van der Waals surface area contributed by atoms with Crippen LogP contribution in [0.2, 0.25) is 0 Å². The maximum Gasteiger partial charge on any atom is 0.226 e. The van der Waals surface area contributed by atoms with Gasteiger partial charge in [-0.1, -0.05) is 31.8 Å². The van der Waals surface area contributed by atoms with Crippen LogP contribution in [0.4, 0.5) is 0 Å². The van der Waals surface area contributed by atoms with E-state index >= 15 is 0 Å². The third kappa shape index (κ3) is 4.37. The molecule has 0 radical (unpaired) electrons. The molecule has 0 saturated carbocycles. The molecule has 1 unspecified atom stereocenters. The molecule has 0 amide bonds. The summed E-state index contributed by atoms with van der Waals surface area (Å²) in [5.41, 5.74) is 0.0996. The summed E-state index contributed by atoms with van der Waals surface area (Å²) in [5.74, 6) is 2.99. The van der Waals surface area contributed by atoms with E-state index in [1.807, 2.05) is 6.92 Å². The largest absolute Gasteiger partial charge is 0.375 e. The Hall–Kier alpha value is -0.940. The van der Waals surface area contributed by atoms with Crippen molar-refractivity contribution in [1.29, 1.82) is 0 Å². The number of hydrogen-bond acceptors (Lipinski definition) is 5. The number of piperidine rings is 1. The summed E-state index contributed by atoms with van der Waals surface area (Å²) in [6.45, 7) is 11.0. The van der Waals surface area contributed by atoms with Crippen molar-refractivity contribution in [3.63, 3.8) is 0 Å². The summed E-state index contributed by atoms with van der Waals surface area (Å²) in [4.78, 5) is 7.03. The van der Waals surface area contributed by atoms with Crippen LogP contribution in [0.25, 0.3) is 0 Å². The smallest absolute Gasteiger partial charge is 0.226 e. The van der Waals surface area contributed by atoms with Crippen LogP contribution in [0, 0.1) is 18.8 Å². The quantitative estimate of drug-likeness (QED) is 0.795. The van der Waals surface area contributed by atoms with Crippen LogP contribution in [-0.2, 0) is 11.2 Å². The summed E-state index contributed by atoms with van der Waals surface area (Å²) >= 11 is 0. The average Bonchev–Trinajstić information content (AvgIpc) is 2.99. The minimum Gasteiger partial charge on any atom is -0.375 e. The van der Waals surface area contributed by atoms with Crippen molar-refractivity contribution in [1.82, 2.24) is 15.0 Å². The molecule has 5 nitrogen and oxygen atoms in total. The lowest BCUT2D eigenvalue weighted by Crippen LogP contribution is -2.50. The molecular weight excluding hydrogens is 302 g/mol. The summed E-state index contributed by atoms with van der Waals surface area (Å²) < 4.78 is 11.6. The second-order valence-corrected chi connectivity index (χ2v) is 7.81. The van der Waals surface area contributed by atoms with E-state index < -0.39 is 0 Å². The van der Waals surface area contributed by atoms with Gasteiger partial charge in [0, 0.05) is 32.7 Å². The van der Waals surface area contributed by atoms with E-state index in [0.717, 1.165) is 43.5 Å². The third-order valence-electron chi connectivity index (χ3n) is 6.07. The van der Waals surface area contributed by atoms with Gasteiger partial charge >= 0.3 is 0 Å². The van der Waals surface area contributed by atoms with Gasteiger partial charge < -0.3 is 14.2 Å². The Morgan fingerprint density at radius 1 is 1.25 bits per heavy atom. The molecule has 1 atom stereocenters. The highest BCUT2D eigenvalue weighted by Gasteiger charge is 2.40. The lowest BCUT2D eigenvalue weighted by atomic mass is 9.78. The molecule has 0 aromatic carbocycles. The number of nitrogens with zero attached hydrogens (tertiary/aromatic N) is 3. The molecule has 2 aliphatic heterocycles. The van der Waals surface area contributed by atoms with Gasteiger partial charge in [0.1, 0.15) is 0 Å². The zero-order valence-electron chi connectivity index (χ0n) is 15.6. The van der Waals surface area contributed by atoms with Crippen molar-refractivity contribution in [3.8, 4) is 0 Å². The van der Waals surface area contributed by atoms with E-state index in [2.05, 4.69) is 28.9 Å². The van der Waals surface area contributed by atoms with Crippen LogP contribution in [-0.4, -0.2) is 46.9 Å². The van der Waals surface area contributed by atoms with Crippen molar-refractivity contribution in [2.24, 2.45) is 11.8 Å². The van der Waals surface area contributed by atoms with Crippen LogP contribution in [0.15, 0.2) is 4.52 Å². The molecule has 1 spiro atoms. The van der Waals surface area contributed by atoms with Gasteiger partial charge in [-0.25, -0.2) is 0 Å². The highest BCUT2D eigenvalue weighted by molar-refractivity contribution is 4.95. The van der Waals surface area contributed by atoms with Gasteiger partial charge in [0.05, 0.1) is 5.60 Å². The third-order valence-corrected chi connectivity index (χ3v) is 6.07. The maximum atomic E-state index is 6.29. The lowest BCUT2D eigenvalue weighted by molar-refractivity contribution is -0.128. The summed E-state index contributed by atoms with van der Waals surface area (Å²) in [7, 11) is 0. The molecule has 5 heteroatoms. The Balaban J connectivity index is 1.51. The lowest BCUT2D eigenvalue weighted by Gasteiger charge is -2.46. The molecule has 136 valence electrons. The van der Waals surface area contributed by atoms with E-state index in [4.69, 9.17) is 9.26 Å². The Bertz CT molecular complexity index is 504. The van der Waals surface area contributed by atoms with Gasteiger partial charge in [-0.15, -0.1) is 0 Å². The summed E-state index contributed by atoms with van der Waals surface area (Å²) in [6.07, 6.45) is 8.09. The van der Waals surface area contributed by atoms with Crippen LogP contribution >= 0.6 is 0 Å². The minimum absolute atomic E-state index is 0.0996. The monoisotopic (exact) mass is 335 g/mol. The molecule has 1 aromatic heterocycles. The topological polar surface area (TPSA) is 51.4 Å². The first kappa shape index (κ1) is 17.9. The van der Waals surface area contributed by atoms with E-state index in [1.165, 1.54) is 45.3 Å². The predicted octanol–water partition coefficient (Wildman–Crippen LogP) is 3.62. The SMILES string of the molecule is CCC(CC)CN1CCC2(CC1)CC(Cc1nc(C)no1)CCO2. The van der Waals surface area contributed by atoms with E-state index in [0.29, 0.717) is 5.92 Å². The second kappa shape index (κ2) is 7.96. The van der Waals surface area contributed by atoms with Gasteiger partial charge in [0.15, 0.2) is 5.82 Å². The van der Waals surface area contributed by atoms with Crippen molar-refractivity contribution < 1.29 is 9.26 Å². The Morgan fingerprint density at radius 3 is 2.62 bits per heavy atom.